The Hall–Kier alpha value is -3.39. The molecule has 2 amide bonds. The normalized spacial score (nSPS) is 18.0. The number of piperidine rings is 1. The molecule has 4 rings (SSSR count). The second kappa shape index (κ2) is 10.7. The van der Waals surface area contributed by atoms with Crippen molar-refractivity contribution in [3.05, 3.63) is 59.7 Å². The second-order valence-electron chi connectivity index (χ2n) is 8.62. The first-order chi connectivity index (χ1) is 16.5. The molecule has 2 atom stereocenters. The standard InChI is InChI=1S/C26H30N2O6/c1-2-33-17-8-7-13-28(15-17)25(31)23(14-24(29)30)27-26(32)34-16-22-20-11-5-3-9-18(20)19-10-4-6-12-21(19)22/h3-6,9-12,17,22-23H,2,7-8,13-16H2,1H3,(H,27,32)(H,29,30). The number of nitrogens with zero attached hydrogens (tertiary/aromatic N) is 1. The van der Waals surface area contributed by atoms with E-state index in [4.69, 9.17) is 9.47 Å². The predicted molar refractivity (Wildman–Crippen MR) is 125 cm³/mol. The Morgan fingerprint density at radius 1 is 1.09 bits per heavy atom. The number of nitrogens with one attached hydrogen (secondary N) is 1. The summed E-state index contributed by atoms with van der Waals surface area (Å²) in [6.07, 6.45) is 0.212. The third-order valence-corrected chi connectivity index (χ3v) is 6.40. The van der Waals surface area contributed by atoms with Crippen molar-refractivity contribution in [1.82, 2.24) is 10.2 Å². The molecule has 0 bridgehead atoms. The van der Waals surface area contributed by atoms with Crippen molar-refractivity contribution in [3.63, 3.8) is 0 Å². The van der Waals surface area contributed by atoms with Crippen LogP contribution in [0.15, 0.2) is 48.5 Å². The fourth-order valence-electron chi connectivity index (χ4n) is 4.89. The number of carbonyl (C=O) groups excluding carboxylic acids is 2. The van der Waals surface area contributed by atoms with E-state index in [9.17, 15) is 19.5 Å². The number of carboxylic acids is 1. The number of aliphatic carboxylic acids is 1. The number of likely N-dealkylation sites (tertiary alicyclic amines) is 1. The second-order valence-corrected chi connectivity index (χ2v) is 8.62. The highest BCUT2D eigenvalue weighted by atomic mass is 16.5. The topological polar surface area (TPSA) is 105 Å². The fourth-order valence-corrected chi connectivity index (χ4v) is 4.89. The summed E-state index contributed by atoms with van der Waals surface area (Å²) in [6, 6.07) is 14.8. The smallest absolute Gasteiger partial charge is 0.407 e. The quantitative estimate of drug-likeness (QED) is 0.618. The summed E-state index contributed by atoms with van der Waals surface area (Å²) < 4.78 is 11.1. The Kier molecular flexibility index (Phi) is 7.47. The zero-order valence-corrected chi connectivity index (χ0v) is 19.2. The molecule has 0 saturated carbocycles. The van der Waals surface area contributed by atoms with E-state index in [1.165, 1.54) is 0 Å². The van der Waals surface area contributed by atoms with Crippen molar-refractivity contribution in [3.8, 4) is 11.1 Å². The number of ether oxygens (including phenoxy) is 2. The molecule has 0 spiro atoms. The van der Waals surface area contributed by atoms with Crippen LogP contribution in [0.4, 0.5) is 4.79 Å². The van der Waals surface area contributed by atoms with E-state index in [2.05, 4.69) is 5.32 Å². The Labute approximate surface area is 198 Å². The van der Waals surface area contributed by atoms with Gasteiger partial charge in [0.15, 0.2) is 0 Å². The van der Waals surface area contributed by atoms with Crippen molar-refractivity contribution in [2.45, 2.75) is 44.2 Å². The zero-order chi connectivity index (χ0) is 24.1. The van der Waals surface area contributed by atoms with Crippen molar-refractivity contribution < 1.29 is 29.0 Å². The largest absolute Gasteiger partial charge is 0.481 e. The Morgan fingerprint density at radius 2 is 1.74 bits per heavy atom. The number of rotatable bonds is 8. The van der Waals surface area contributed by atoms with Gasteiger partial charge in [-0.25, -0.2) is 4.79 Å². The average molecular weight is 467 g/mol. The maximum atomic E-state index is 13.0. The lowest BCUT2D eigenvalue weighted by atomic mass is 9.98. The number of carboxylic acid groups (broad SMARTS) is 1. The van der Waals surface area contributed by atoms with E-state index >= 15 is 0 Å². The molecule has 1 aliphatic heterocycles. The number of hydrogen-bond acceptors (Lipinski definition) is 5. The van der Waals surface area contributed by atoms with Crippen LogP contribution in [0.25, 0.3) is 11.1 Å². The van der Waals surface area contributed by atoms with Crippen LogP contribution in [-0.2, 0) is 19.1 Å². The molecule has 2 N–H and O–H groups in total. The van der Waals surface area contributed by atoms with Crippen LogP contribution in [0.3, 0.4) is 0 Å². The SMILES string of the molecule is CCOC1CCCN(C(=O)C(CC(=O)O)NC(=O)OCC2c3ccccc3-c3ccccc32)C1. The van der Waals surface area contributed by atoms with Crippen molar-refractivity contribution >= 4 is 18.0 Å². The van der Waals surface area contributed by atoms with Gasteiger partial charge in [-0.1, -0.05) is 48.5 Å². The highest BCUT2D eigenvalue weighted by molar-refractivity contribution is 5.89. The summed E-state index contributed by atoms with van der Waals surface area (Å²) >= 11 is 0. The summed E-state index contributed by atoms with van der Waals surface area (Å²) in [5, 5.41) is 11.8. The maximum Gasteiger partial charge on any atom is 0.407 e. The summed E-state index contributed by atoms with van der Waals surface area (Å²) in [6.45, 7) is 3.42. The number of alkyl carbamates (subject to hydrolysis) is 1. The van der Waals surface area contributed by atoms with Gasteiger partial charge in [-0.05, 0) is 42.0 Å². The molecule has 1 saturated heterocycles. The van der Waals surface area contributed by atoms with Crippen molar-refractivity contribution in [2.24, 2.45) is 0 Å². The minimum Gasteiger partial charge on any atom is -0.481 e. The summed E-state index contributed by atoms with van der Waals surface area (Å²) in [5.41, 5.74) is 4.37. The molecular formula is C26H30N2O6. The third-order valence-electron chi connectivity index (χ3n) is 6.40. The van der Waals surface area contributed by atoms with Crippen LogP contribution in [0.5, 0.6) is 0 Å². The van der Waals surface area contributed by atoms with Gasteiger partial charge in [-0.15, -0.1) is 0 Å². The van der Waals surface area contributed by atoms with Gasteiger partial charge >= 0.3 is 12.1 Å². The molecule has 0 aromatic heterocycles. The Morgan fingerprint density at radius 3 is 2.35 bits per heavy atom. The van der Waals surface area contributed by atoms with Gasteiger partial charge in [0.05, 0.1) is 12.5 Å². The molecule has 1 heterocycles. The van der Waals surface area contributed by atoms with Crippen LogP contribution < -0.4 is 5.32 Å². The molecule has 8 nitrogen and oxygen atoms in total. The zero-order valence-electron chi connectivity index (χ0n) is 19.2. The van der Waals surface area contributed by atoms with Crippen molar-refractivity contribution in [2.75, 3.05) is 26.3 Å². The molecule has 2 unspecified atom stereocenters. The first-order valence-corrected chi connectivity index (χ1v) is 11.7. The molecule has 2 aliphatic rings. The lowest BCUT2D eigenvalue weighted by Crippen LogP contribution is -2.53. The van der Waals surface area contributed by atoms with E-state index in [0.29, 0.717) is 19.7 Å². The first kappa shape index (κ1) is 23.8. The van der Waals surface area contributed by atoms with E-state index in [1.807, 2.05) is 55.5 Å². The molecule has 0 radical (unpaired) electrons. The van der Waals surface area contributed by atoms with Crippen LogP contribution >= 0.6 is 0 Å². The summed E-state index contributed by atoms with van der Waals surface area (Å²) in [5.74, 6) is -1.73. The minimum atomic E-state index is -1.20. The number of benzene rings is 2. The molecule has 34 heavy (non-hydrogen) atoms. The summed E-state index contributed by atoms with van der Waals surface area (Å²) in [7, 11) is 0. The monoisotopic (exact) mass is 466 g/mol. The van der Waals surface area contributed by atoms with E-state index < -0.39 is 30.4 Å². The van der Waals surface area contributed by atoms with Crippen LogP contribution in [0.2, 0.25) is 0 Å². The minimum absolute atomic E-state index is 0.0809. The highest BCUT2D eigenvalue weighted by Gasteiger charge is 2.33. The van der Waals surface area contributed by atoms with Gasteiger partial charge < -0.3 is 24.8 Å². The number of fused-ring (bicyclic) bond motifs is 3. The molecule has 2 aromatic carbocycles. The van der Waals surface area contributed by atoms with Gasteiger partial charge in [-0.2, -0.15) is 0 Å². The lowest BCUT2D eigenvalue weighted by molar-refractivity contribution is -0.144. The molecule has 180 valence electrons. The number of carbonyl (C=O) groups is 3. The van der Waals surface area contributed by atoms with Crippen molar-refractivity contribution in [1.29, 1.82) is 0 Å². The first-order valence-electron chi connectivity index (χ1n) is 11.7. The molecule has 1 fully saturated rings. The maximum absolute atomic E-state index is 13.0. The number of hydrogen-bond donors (Lipinski definition) is 2. The molecular weight excluding hydrogens is 436 g/mol. The van der Waals surface area contributed by atoms with E-state index in [0.717, 1.165) is 35.1 Å². The highest BCUT2D eigenvalue weighted by Crippen LogP contribution is 2.44. The lowest BCUT2D eigenvalue weighted by Gasteiger charge is -2.34. The van der Waals surface area contributed by atoms with E-state index in [1.54, 1.807) is 4.90 Å². The van der Waals surface area contributed by atoms with Crippen LogP contribution in [0.1, 0.15) is 43.2 Å². The van der Waals surface area contributed by atoms with Gasteiger partial charge in [-0.3, -0.25) is 9.59 Å². The van der Waals surface area contributed by atoms with Gasteiger partial charge in [0.2, 0.25) is 5.91 Å². The van der Waals surface area contributed by atoms with Gasteiger partial charge in [0, 0.05) is 25.6 Å². The third kappa shape index (κ3) is 5.22. The van der Waals surface area contributed by atoms with Gasteiger partial charge in [0.25, 0.3) is 0 Å². The van der Waals surface area contributed by atoms with Crippen LogP contribution in [-0.4, -0.2) is 66.4 Å². The molecule has 1 aliphatic carbocycles. The summed E-state index contributed by atoms with van der Waals surface area (Å²) in [4.78, 5) is 38.7. The molecule has 2 aromatic rings. The van der Waals surface area contributed by atoms with Crippen LogP contribution in [0, 0.1) is 0 Å². The Balaban J connectivity index is 1.41. The number of amides is 2. The fraction of sp³-hybridized carbons (Fsp3) is 0.423. The van der Waals surface area contributed by atoms with Gasteiger partial charge in [0.1, 0.15) is 12.6 Å². The molecule has 8 heteroatoms. The predicted octanol–water partition coefficient (Wildman–Crippen LogP) is 3.40. The van der Waals surface area contributed by atoms with E-state index in [-0.39, 0.29) is 18.6 Å². The average Bonchev–Trinajstić information content (AvgIpc) is 3.16. The Bertz CT molecular complexity index is 1010.